The Labute approximate surface area is 182 Å². The smallest absolute Gasteiger partial charge is 0.329 e. The van der Waals surface area contributed by atoms with Crippen LogP contribution >= 0.6 is 0 Å². The average molecular weight is 431 g/mol. The van der Waals surface area contributed by atoms with Crippen LogP contribution in [-0.2, 0) is 19.1 Å². The molecule has 2 fully saturated rings. The molecule has 1 aromatic rings. The summed E-state index contributed by atoms with van der Waals surface area (Å²) >= 11 is 0. The zero-order valence-corrected chi connectivity index (χ0v) is 17.7. The second-order valence-electron chi connectivity index (χ2n) is 7.70. The van der Waals surface area contributed by atoms with Gasteiger partial charge in [0.05, 0.1) is 12.3 Å². The lowest BCUT2D eigenvalue weighted by Crippen LogP contribution is -2.41. The van der Waals surface area contributed by atoms with Gasteiger partial charge in [-0.2, -0.15) is 5.10 Å². The quantitative estimate of drug-likeness (QED) is 0.384. The number of carbonyl (C=O) groups is 3. The van der Waals surface area contributed by atoms with Gasteiger partial charge in [0, 0.05) is 26.2 Å². The Bertz CT molecular complexity index is 767. The predicted octanol–water partition coefficient (Wildman–Crippen LogP) is 1.21. The van der Waals surface area contributed by atoms with Gasteiger partial charge in [0.2, 0.25) is 0 Å². The Hall–Kier alpha value is -2.94. The molecule has 0 spiro atoms. The molecule has 9 heteroatoms. The Kier molecular flexibility index (Phi) is 8.84. The van der Waals surface area contributed by atoms with Crippen LogP contribution in [-0.4, -0.2) is 67.8 Å². The summed E-state index contributed by atoms with van der Waals surface area (Å²) in [6.45, 7) is 2.41. The number of rotatable bonds is 7. The van der Waals surface area contributed by atoms with Crippen LogP contribution in [0.3, 0.4) is 0 Å². The van der Waals surface area contributed by atoms with Gasteiger partial charge in [-0.25, -0.2) is 5.43 Å². The van der Waals surface area contributed by atoms with Crippen molar-refractivity contribution in [2.75, 3.05) is 32.8 Å². The maximum absolute atomic E-state index is 12.2. The van der Waals surface area contributed by atoms with E-state index in [0.29, 0.717) is 25.4 Å². The topological polar surface area (TPSA) is 109 Å². The van der Waals surface area contributed by atoms with Crippen molar-refractivity contribution < 1.29 is 23.9 Å². The van der Waals surface area contributed by atoms with Gasteiger partial charge in [-0.3, -0.25) is 14.4 Å². The number of hydrogen-bond acceptors (Lipinski definition) is 6. The summed E-state index contributed by atoms with van der Waals surface area (Å²) in [5, 5.41) is 6.66. The minimum absolute atomic E-state index is 0.0746. The molecule has 2 aliphatic heterocycles. The normalized spacial score (nSPS) is 19.1. The fraction of sp³-hybridized carbons (Fsp3) is 0.545. The van der Waals surface area contributed by atoms with E-state index in [2.05, 4.69) is 15.8 Å². The molecule has 3 rings (SSSR count). The van der Waals surface area contributed by atoms with Crippen LogP contribution in [0.25, 0.3) is 0 Å². The standard InChI is InChI=1S/C22H30N4O5/c27-20(23-15-19-6-5-13-30-19)16-31-18-9-7-17(8-10-18)14-24-25-21(28)22(29)26-11-3-1-2-4-12-26/h7-10,14,19H,1-6,11-13,15-16H2,(H,23,27)(H,25,28)/b24-14-/t19-/m1/s1. The van der Waals surface area contributed by atoms with E-state index in [1.165, 1.54) is 6.21 Å². The Morgan fingerprint density at radius 3 is 2.52 bits per heavy atom. The highest BCUT2D eigenvalue weighted by Crippen LogP contribution is 2.12. The first-order chi connectivity index (χ1) is 15.1. The second-order valence-corrected chi connectivity index (χ2v) is 7.70. The van der Waals surface area contributed by atoms with E-state index in [0.717, 1.165) is 50.7 Å². The molecule has 1 aromatic carbocycles. The van der Waals surface area contributed by atoms with Gasteiger partial charge in [0.1, 0.15) is 5.75 Å². The monoisotopic (exact) mass is 430 g/mol. The molecule has 31 heavy (non-hydrogen) atoms. The van der Waals surface area contributed by atoms with Crippen molar-refractivity contribution in [3.05, 3.63) is 29.8 Å². The summed E-state index contributed by atoms with van der Waals surface area (Å²) in [6.07, 6.45) is 7.57. The number of hydrogen-bond donors (Lipinski definition) is 2. The van der Waals surface area contributed by atoms with Crippen molar-refractivity contribution >= 4 is 23.9 Å². The average Bonchev–Trinajstić information content (AvgIpc) is 3.17. The van der Waals surface area contributed by atoms with E-state index in [-0.39, 0.29) is 18.6 Å². The van der Waals surface area contributed by atoms with Crippen LogP contribution in [0.2, 0.25) is 0 Å². The summed E-state index contributed by atoms with van der Waals surface area (Å²) in [5.41, 5.74) is 3.01. The lowest BCUT2D eigenvalue weighted by molar-refractivity contribution is -0.145. The molecule has 0 aliphatic carbocycles. The zero-order valence-electron chi connectivity index (χ0n) is 17.7. The summed E-state index contributed by atoms with van der Waals surface area (Å²) in [7, 11) is 0. The molecule has 1 atom stereocenters. The van der Waals surface area contributed by atoms with E-state index in [1.807, 2.05) is 0 Å². The van der Waals surface area contributed by atoms with Gasteiger partial charge in [0.15, 0.2) is 6.61 Å². The lowest BCUT2D eigenvalue weighted by Gasteiger charge is -2.18. The molecule has 2 heterocycles. The Morgan fingerprint density at radius 2 is 1.84 bits per heavy atom. The number of hydrazone groups is 1. The number of ether oxygens (including phenoxy) is 2. The van der Waals surface area contributed by atoms with Crippen LogP contribution < -0.4 is 15.5 Å². The fourth-order valence-corrected chi connectivity index (χ4v) is 3.51. The third-order valence-electron chi connectivity index (χ3n) is 5.27. The number of nitrogens with one attached hydrogen (secondary N) is 2. The van der Waals surface area contributed by atoms with Gasteiger partial charge in [0.25, 0.3) is 5.91 Å². The highest BCUT2D eigenvalue weighted by Gasteiger charge is 2.22. The van der Waals surface area contributed by atoms with Crippen LogP contribution in [0.1, 0.15) is 44.1 Å². The third kappa shape index (κ3) is 7.67. The van der Waals surface area contributed by atoms with Crippen LogP contribution in [0.15, 0.2) is 29.4 Å². The molecule has 0 bridgehead atoms. The van der Waals surface area contributed by atoms with Crippen LogP contribution in [0, 0.1) is 0 Å². The third-order valence-corrected chi connectivity index (χ3v) is 5.27. The molecular weight excluding hydrogens is 400 g/mol. The summed E-state index contributed by atoms with van der Waals surface area (Å²) in [6, 6.07) is 6.90. The molecule has 2 aliphatic rings. The molecular formula is C22H30N4O5. The van der Waals surface area contributed by atoms with Gasteiger partial charge in [-0.15, -0.1) is 0 Å². The minimum atomic E-state index is -0.730. The minimum Gasteiger partial charge on any atom is -0.484 e. The fourth-order valence-electron chi connectivity index (χ4n) is 3.51. The van der Waals surface area contributed by atoms with Gasteiger partial charge < -0.3 is 19.7 Å². The van der Waals surface area contributed by atoms with Crippen molar-refractivity contribution in [2.45, 2.75) is 44.6 Å². The number of nitrogens with zero attached hydrogens (tertiary/aromatic N) is 2. The van der Waals surface area contributed by atoms with Crippen LogP contribution in [0.4, 0.5) is 0 Å². The SMILES string of the molecule is O=C(COc1ccc(/C=N\NC(=O)C(=O)N2CCCCCC2)cc1)NC[C@H]1CCCO1. The molecule has 0 aromatic heterocycles. The second kappa shape index (κ2) is 12.0. The van der Waals surface area contributed by atoms with Crippen molar-refractivity contribution in [3.63, 3.8) is 0 Å². The molecule has 2 N–H and O–H groups in total. The summed E-state index contributed by atoms with van der Waals surface area (Å²) in [4.78, 5) is 37.6. The maximum Gasteiger partial charge on any atom is 0.329 e. The highest BCUT2D eigenvalue weighted by atomic mass is 16.5. The van der Waals surface area contributed by atoms with Crippen molar-refractivity contribution in [2.24, 2.45) is 5.10 Å². The van der Waals surface area contributed by atoms with E-state index >= 15 is 0 Å². The molecule has 9 nitrogen and oxygen atoms in total. The maximum atomic E-state index is 12.2. The van der Waals surface area contributed by atoms with Crippen molar-refractivity contribution in [3.8, 4) is 5.75 Å². The van der Waals surface area contributed by atoms with Gasteiger partial charge in [-0.1, -0.05) is 12.8 Å². The Morgan fingerprint density at radius 1 is 1.10 bits per heavy atom. The number of likely N-dealkylation sites (tertiary alicyclic amines) is 1. The molecule has 168 valence electrons. The van der Waals surface area contributed by atoms with E-state index in [9.17, 15) is 14.4 Å². The van der Waals surface area contributed by atoms with E-state index < -0.39 is 11.8 Å². The first-order valence-corrected chi connectivity index (χ1v) is 10.9. The van der Waals surface area contributed by atoms with E-state index in [1.54, 1.807) is 29.2 Å². The molecule has 0 saturated carbocycles. The molecule has 3 amide bonds. The number of amides is 3. The molecule has 2 saturated heterocycles. The zero-order chi connectivity index (χ0) is 21.9. The van der Waals surface area contributed by atoms with Gasteiger partial charge in [-0.05, 0) is 55.5 Å². The highest BCUT2D eigenvalue weighted by molar-refractivity contribution is 6.35. The first kappa shape index (κ1) is 22.7. The summed E-state index contributed by atoms with van der Waals surface area (Å²) in [5.74, 6) is -0.921. The molecule has 0 radical (unpaired) electrons. The van der Waals surface area contributed by atoms with Crippen LogP contribution in [0.5, 0.6) is 5.75 Å². The Balaban J connectivity index is 1.37. The first-order valence-electron chi connectivity index (χ1n) is 10.9. The van der Waals surface area contributed by atoms with E-state index in [4.69, 9.17) is 9.47 Å². The molecule has 0 unspecified atom stereocenters. The largest absolute Gasteiger partial charge is 0.484 e. The predicted molar refractivity (Wildman–Crippen MR) is 115 cm³/mol. The van der Waals surface area contributed by atoms with Crippen molar-refractivity contribution in [1.29, 1.82) is 0 Å². The van der Waals surface area contributed by atoms with Gasteiger partial charge >= 0.3 is 11.8 Å². The lowest BCUT2D eigenvalue weighted by atomic mass is 10.2. The number of carbonyl (C=O) groups excluding carboxylic acids is 3. The number of benzene rings is 1. The van der Waals surface area contributed by atoms with Crippen molar-refractivity contribution in [1.82, 2.24) is 15.6 Å². The summed E-state index contributed by atoms with van der Waals surface area (Å²) < 4.78 is 10.9.